The molecular formula is C12H15FO2. The van der Waals surface area contributed by atoms with Crippen molar-refractivity contribution < 1.29 is 13.9 Å². The third kappa shape index (κ3) is 3.13. The maximum Gasteiger partial charge on any atom is 0.127 e. The molecule has 0 fully saturated rings. The van der Waals surface area contributed by atoms with E-state index in [1.54, 1.807) is 13.2 Å². The minimum atomic E-state index is -0.265. The summed E-state index contributed by atoms with van der Waals surface area (Å²) in [7, 11) is 1.57. The first kappa shape index (κ1) is 11.9. The van der Waals surface area contributed by atoms with Gasteiger partial charge < -0.3 is 9.53 Å². The fraction of sp³-hybridized carbons (Fsp3) is 0.417. The molecule has 0 amide bonds. The molecular weight excluding hydrogens is 195 g/mol. The number of aldehydes is 1. The third-order valence-corrected chi connectivity index (χ3v) is 2.36. The van der Waals surface area contributed by atoms with Crippen molar-refractivity contribution in [2.75, 3.05) is 7.11 Å². The van der Waals surface area contributed by atoms with Crippen LogP contribution in [0.3, 0.4) is 0 Å². The zero-order valence-electron chi connectivity index (χ0n) is 9.00. The van der Waals surface area contributed by atoms with Gasteiger partial charge in [-0.05, 0) is 23.1 Å². The molecule has 1 unspecified atom stereocenters. The largest absolute Gasteiger partial charge is 0.380 e. The number of methoxy groups -OCH3 is 1. The Bertz CT molecular complexity index is 336. The smallest absolute Gasteiger partial charge is 0.127 e. The van der Waals surface area contributed by atoms with Crippen LogP contribution in [0.5, 0.6) is 0 Å². The quantitative estimate of drug-likeness (QED) is 0.698. The van der Waals surface area contributed by atoms with Crippen LogP contribution in [0.1, 0.15) is 30.4 Å². The van der Waals surface area contributed by atoms with E-state index < -0.39 is 0 Å². The van der Waals surface area contributed by atoms with Gasteiger partial charge in [0, 0.05) is 13.5 Å². The Morgan fingerprint density at radius 3 is 2.80 bits per heavy atom. The molecule has 1 aromatic carbocycles. The summed E-state index contributed by atoms with van der Waals surface area (Å²) in [5, 5.41) is 0. The summed E-state index contributed by atoms with van der Waals surface area (Å²) < 4.78 is 18.5. The molecule has 0 radical (unpaired) electrons. The van der Waals surface area contributed by atoms with Crippen LogP contribution in [0.4, 0.5) is 4.39 Å². The van der Waals surface area contributed by atoms with Crippen LogP contribution in [-0.4, -0.2) is 13.4 Å². The SMILES string of the molecule is COCc1ccc(C(C)CC=O)c(F)c1. The number of ether oxygens (including phenoxy) is 1. The molecule has 0 aromatic heterocycles. The van der Waals surface area contributed by atoms with Crippen molar-refractivity contribution in [1.29, 1.82) is 0 Å². The van der Waals surface area contributed by atoms with Gasteiger partial charge in [-0.1, -0.05) is 19.1 Å². The van der Waals surface area contributed by atoms with E-state index in [1.807, 2.05) is 13.0 Å². The zero-order chi connectivity index (χ0) is 11.3. The molecule has 2 nitrogen and oxygen atoms in total. The van der Waals surface area contributed by atoms with Crippen LogP contribution in [0.25, 0.3) is 0 Å². The summed E-state index contributed by atoms with van der Waals surface area (Å²) in [4.78, 5) is 10.3. The van der Waals surface area contributed by atoms with Gasteiger partial charge >= 0.3 is 0 Å². The number of carbonyl (C=O) groups is 1. The molecule has 0 bridgehead atoms. The van der Waals surface area contributed by atoms with Gasteiger partial charge in [0.2, 0.25) is 0 Å². The van der Waals surface area contributed by atoms with Crippen molar-refractivity contribution in [3.05, 3.63) is 35.1 Å². The lowest BCUT2D eigenvalue weighted by Crippen LogP contribution is -1.99. The number of rotatable bonds is 5. The Kier molecular flexibility index (Phi) is 4.43. The van der Waals surface area contributed by atoms with Crippen molar-refractivity contribution in [1.82, 2.24) is 0 Å². The van der Waals surface area contributed by atoms with Crippen molar-refractivity contribution in [2.24, 2.45) is 0 Å². The Balaban J connectivity index is 2.86. The molecule has 0 heterocycles. The summed E-state index contributed by atoms with van der Waals surface area (Å²) in [6.07, 6.45) is 1.16. The van der Waals surface area contributed by atoms with E-state index in [4.69, 9.17) is 4.74 Å². The molecule has 82 valence electrons. The Morgan fingerprint density at radius 2 is 2.27 bits per heavy atom. The van der Waals surface area contributed by atoms with Crippen LogP contribution in [0, 0.1) is 5.82 Å². The van der Waals surface area contributed by atoms with Crippen molar-refractivity contribution in [3.63, 3.8) is 0 Å². The van der Waals surface area contributed by atoms with E-state index in [9.17, 15) is 9.18 Å². The third-order valence-electron chi connectivity index (χ3n) is 2.36. The fourth-order valence-electron chi connectivity index (χ4n) is 1.50. The molecule has 0 saturated heterocycles. The van der Waals surface area contributed by atoms with Gasteiger partial charge in [0.15, 0.2) is 0 Å². The van der Waals surface area contributed by atoms with Gasteiger partial charge in [-0.3, -0.25) is 0 Å². The molecule has 1 aromatic rings. The fourth-order valence-corrected chi connectivity index (χ4v) is 1.50. The van der Waals surface area contributed by atoms with E-state index in [1.165, 1.54) is 6.07 Å². The second-order valence-electron chi connectivity index (χ2n) is 3.59. The van der Waals surface area contributed by atoms with Crippen molar-refractivity contribution in [3.8, 4) is 0 Å². The van der Waals surface area contributed by atoms with E-state index >= 15 is 0 Å². The molecule has 0 aliphatic rings. The van der Waals surface area contributed by atoms with Gasteiger partial charge in [0.25, 0.3) is 0 Å². The highest BCUT2D eigenvalue weighted by molar-refractivity contribution is 5.51. The van der Waals surface area contributed by atoms with Gasteiger partial charge in [0.1, 0.15) is 12.1 Å². The summed E-state index contributed by atoms with van der Waals surface area (Å²) in [5.74, 6) is -0.335. The van der Waals surface area contributed by atoms with Gasteiger partial charge in [0.05, 0.1) is 6.61 Å². The number of hydrogen-bond acceptors (Lipinski definition) is 2. The van der Waals surface area contributed by atoms with Crippen LogP contribution < -0.4 is 0 Å². The van der Waals surface area contributed by atoms with Gasteiger partial charge in [-0.15, -0.1) is 0 Å². The molecule has 1 atom stereocenters. The predicted molar refractivity (Wildman–Crippen MR) is 56.2 cm³/mol. The topological polar surface area (TPSA) is 26.3 Å². The highest BCUT2D eigenvalue weighted by atomic mass is 19.1. The Morgan fingerprint density at radius 1 is 1.53 bits per heavy atom. The number of halogens is 1. The zero-order valence-corrected chi connectivity index (χ0v) is 9.00. The standard InChI is InChI=1S/C12H15FO2/c1-9(5-6-14)11-4-3-10(8-15-2)7-12(11)13/h3-4,6-7,9H,5,8H2,1-2H3. The first-order chi connectivity index (χ1) is 7.19. The summed E-state index contributed by atoms with van der Waals surface area (Å²) in [6, 6.07) is 5.00. The van der Waals surface area contributed by atoms with Gasteiger partial charge in [-0.25, -0.2) is 4.39 Å². The highest BCUT2D eigenvalue weighted by Gasteiger charge is 2.10. The van der Waals surface area contributed by atoms with Crippen LogP contribution in [-0.2, 0) is 16.1 Å². The second kappa shape index (κ2) is 5.61. The lowest BCUT2D eigenvalue weighted by molar-refractivity contribution is -0.108. The molecule has 15 heavy (non-hydrogen) atoms. The van der Waals surface area contributed by atoms with E-state index in [0.717, 1.165) is 11.8 Å². The minimum absolute atomic E-state index is 0.0703. The summed E-state index contributed by atoms with van der Waals surface area (Å²) in [5.41, 5.74) is 1.39. The monoisotopic (exact) mass is 210 g/mol. The number of hydrogen-bond donors (Lipinski definition) is 0. The lowest BCUT2D eigenvalue weighted by atomic mass is 9.97. The molecule has 0 spiro atoms. The molecule has 1 rings (SSSR count). The summed E-state index contributed by atoms with van der Waals surface area (Å²) >= 11 is 0. The second-order valence-corrected chi connectivity index (χ2v) is 3.59. The van der Waals surface area contributed by atoms with E-state index in [2.05, 4.69) is 0 Å². The van der Waals surface area contributed by atoms with Crippen molar-refractivity contribution in [2.45, 2.75) is 25.9 Å². The Hall–Kier alpha value is -1.22. The first-order valence-electron chi connectivity index (χ1n) is 4.90. The van der Waals surface area contributed by atoms with Gasteiger partial charge in [-0.2, -0.15) is 0 Å². The molecule has 0 aliphatic carbocycles. The molecule has 0 saturated carbocycles. The Labute approximate surface area is 89.1 Å². The van der Waals surface area contributed by atoms with Crippen LogP contribution >= 0.6 is 0 Å². The van der Waals surface area contributed by atoms with Crippen LogP contribution in [0.2, 0.25) is 0 Å². The minimum Gasteiger partial charge on any atom is -0.380 e. The van der Waals surface area contributed by atoms with Crippen LogP contribution in [0.15, 0.2) is 18.2 Å². The average Bonchev–Trinajstić information content (AvgIpc) is 2.18. The molecule has 0 aliphatic heterocycles. The average molecular weight is 210 g/mol. The first-order valence-corrected chi connectivity index (χ1v) is 4.90. The van der Waals surface area contributed by atoms with E-state index in [0.29, 0.717) is 18.6 Å². The molecule has 3 heteroatoms. The summed E-state index contributed by atoms with van der Waals surface area (Å²) in [6.45, 7) is 2.24. The molecule has 0 N–H and O–H groups in total. The maximum atomic E-state index is 13.6. The predicted octanol–water partition coefficient (Wildman–Crippen LogP) is 2.66. The highest BCUT2D eigenvalue weighted by Crippen LogP contribution is 2.22. The normalized spacial score (nSPS) is 12.5. The van der Waals surface area contributed by atoms with E-state index in [-0.39, 0.29) is 11.7 Å². The maximum absolute atomic E-state index is 13.6. The lowest BCUT2D eigenvalue weighted by Gasteiger charge is -2.10. The number of benzene rings is 1. The number of carbonyl (C=O) groups excluding carboxylic acids is 1. The van der Waals surface area contributed by atoms with Crippen molar-refractivity contribution >= 4 is 6.29 Å².